The summed E-state index contributed by atoms with van der Waals surface area (Å²) in [6, 6.07) is 10.0. The Balaban J connectivity index is 1.79. The van der Waals surface area contributed by atoms with Gasteiger partial charge in [0.2, 0.25) is 0 Å². The van der Waals surface area contributed by atoms with Crippen molar-refractivity contribution in [2.75, 3.05) is 0 Å². The Morgan fingerprint density at radius 1 is 1.31 bits per heavy atom. The summed E-state index contributed by atoms with van der Waals surface area (Å²) in [5.74, 6) is 0. The molecule has 0 amide bonds. The summed E-state index contributed by atoms with van der Waals surface area (Å²) in [5, 5.41) is 9.50. The Morgan fingerprint density at radius 2 is 2.06 bits per heavy atom. The van der Waals surface area contributed by atoms with E-state index in [2.05, 4.69) is 0 Å². The highest BCUT2D eigenvalue weighted by Crippen LogP contribution is 2.21. The topological polar surface area (TPSA) is 38.7 Å². The van der Waals surface area contributed by atoms with Crippen LogP contribution in [0.2, 0.25) is 0 Å². The third-order valence-electron chi connectivity index (χ3n) is 2.89. The predicted molar refractivity (Wildman–Crippen MR) is 60.8 cm³/mol. The Morgan fingerprint density at radius 3 is 2.75 bits per heavy atom. The lowest BCUT2D eigenvalue weighted by atomic mass is 10.1. The van der Waals surface area contributed by atoms with E-state index in [1.165, 1.54) is 0 Å². The second-order valence-corrected chi connectivity index (χ2v) is 4.21. The minimum Gasteiger partial charge on any atom is -0.390 e. The molecule has 3 atom stereocenters. The zero-order chi connectivity index (χ0) is 11.4. The van der Waals surface area contributed by atoms with E-state index in [0.29, 0.717) is 6.61 Å². The zero-order valence-electron chi connectivity index (χ0n) is 9.50. The van der Waals surface area contributed by atoms with E-state index in [1.54, 1.807) is 0 Å². The molecule has 0 bridgehead atoms. The minimum absolute atomic E-state index is 0.130. The van der Waals surface area contributed by atoms with E-state index in [-0.39, 0.29) is 18.5 Å². The Kier molecular flexibility index (Phi) is 3.93. The van der Waals surface area contributed by atoms with E-state index in [0.717, 1.165) is 18.4 Å². The molecule has 0 aliphatic carbocycles. The van der Waals surface area contributed by atoms with E-state index < -0.39 is 0 Å². The first-order chi connectivity index (χ1) is 7.75. The summed E-state index contributed by atoms with van der Waals surface area (Å²) >= 11 is 0. The van der Waals surface area contributed by atoms with Gasteiger partial charge in [0.15, 0.2) is 6.29 Å². The average Bonchev–Trinajstić information content (AvgIpc) is 2.32. The molecule has 1 aromatic carbocycles. The van der Waals surface area contributed by atoms with Crippen molar-refractivity contribution in [3.63, 3.8) is 0 Å². The Labute approximate surface area is 96.0 Å². The SMILES string of the molecule is C[C@@H]1O[C@H](OCc2ccccc2)CC[C@@H]1O. The van der Waals surface area contributed by atoms with Gasteiger partial charge in [-0.05, 0) is 18.9 Å². The lowest BCUT2D eigenvalue weighted by molar-refractivity contribution is -0.221. The molecule has 1 heterocycles. The zero-order valence-corrected chi connectivity index (χ0v) is 9.50. The molecule has 88 valence electrons. The van der Waals surface area contributed by atoms with Gasteiger partial charge in [-0.25, -0.2) is 0 Å². The highest BCUT2D eigenvalue weighted by Gasteiger charge is 2.26. The van der Waals surface area contributed by atoms with Crippen LogP contribution < -0.4 is 0 Å². The Hall–Kier alpha value is -0.900. The summed E-state index contributed by atoms with van der Waals surface area (Å²) < 4.78 is 11.2. The normalized spacial score (nSPS) is 30.2. The maximum absolute atomic E-state index is 9.50. The number of rotatable bonds is 3. The summed E-state index contributed by atoms with van der Waals surface area (Å²) in [6.07, 6.45) is 0.851. The molecule has 1 aliphatic rings. The van der Waals surface area contributed by atoms with Crippen LogP contribution in [0.1, 0.15) is 25.3 Å². The van der Waals surface area contributed by atoms with Crippen molar-refractivity contribution < 1.29 is 14.6 Å². The molecule has 2 rings (SSSR count). The molecule has 1 aromatic rings. The van der Waals surface area contributed by atoms with Crippen LogP contribution in [0, 0.1) is 0 Å². The quantitative estimate of drug-likeness (QED) is 0.851. The van der Waals surface area contributed by atoms with Gasteiger partial charge in [-0.3, -0.25) is 0 Å². The van der Waals surface area contributed by atoms with Gasteiger partial charge < -0.3 is 14.6 Å². The maximum Gasteiger partial charge on any atom is 0.158 e. The van der Waals surface area contributed by atoms with E-state index in [9.17, 15) is 5.11 Å². The van der Waals surface area contributed by atoms with Crippen LogP contribution in [0.5, 0.6) is 0 Å². The second kappa shape index (κ2) is 5.43. The smallest absolute Gasteiger partial charge is 0.158 e. The van der Waals surface area contributed by atoms with Gasteiger partial charge in [0.1, 0.15) is 0 Å². The van der Waals surface area contributed by atoms with Crippen LogP contribution in [0.15, 0.2) is 30.3 Å². The van der Waals surface area contributed by atoms with Gasteiger partial charge in [-0.15, -0.1) is 0 Å². The minimum atomic E-state index is -0.350. The van der Waals surface area contributed by atoms with Gasteiger partial charge in [0, 0.05) is 6.42 Å². The van der Waals surface area contributed by atoms with E-state index in [1.807, 2.05) is 37.3 Å². The fraction of sp³-hybridized carbons (Fsp3) is 0.538. The van der Waals surface area contributed by atoms with Crippen molar-refractivity contribution in [3.05, 3.63) is 35.9 Å². The van der Waals surface area contributed by atoms with Crippen LogP contribution in [-0.2, 0) is 16.1 Å². The van der Waals surface area contributed by atoms with Crippen LogP contribution in [-0.4, -0.2) is 23.6 Å². The lowest BCUT2D eigenvalue weighted by Crippen LogP contribution is -2.37. The van der Waals surface area contributed by atoms with Gasteiger partial charge in [0.05, 0.1) is 18.8 Å². The van der Waals surface area contributed by atoms with Gasteiger partial charge in [0.25, 0.3) is 0 Å². The highest BCUT2D eigenvalue weighted by molar-refractivity contribution is 5.13. The number of hydrogen-bond acceptors (Lipinski definition) is 3. The summed E-state index contributed by atoms with van der Waals surface area (Å²) in [4.78, 5) is 0. The van der Waals surface area contributed by atoms with Crippen LogP contribution in [0.3, 0.4) is 0 Å². The third-order valence-corrected chi connectivity index (χ3v) is 2.89. The fourth-order valence-electron chi connectivity index (χ4n) is 1.83. The Bertz CT molecular complexity index is 312. The molecule has 0 aromatic heterocycles. The van der Waals surface area contributed by atoms with Gasteiger partial charge in [-0.2, -0.15) is 0 Å². The van der Waals surface area contributed by atoms with Crippen molar-refractivity contribution >= 4 is 0 Å². The van der Waals surface area contributed by atoms with Crippen LogP contribution in [0.4, 0.5) is 0 Å². The molecule has 1 saturated heterocycles. The molecule has 16 heavy (non-hydrogen) atoms. The first kappa shape index (κ1) is 11.6. The summed E-state index contributed by atoms with van der Waals surface area (Å²) in [6.45, 7) is 2.44. The highest BCUT2D eigenvalue weighted by atomic mass is 16.7. The molecular weight excluding hydrogens is 204 g/mol. The molecule has 3 nitrogen and oxygen atoms in total. The fourth-order valence-corrected chi connectivity index (χ4v) is 1.83. The number of aliphatic hydroxyl groups excluding tert-OH is 1. The van der Waals surface area contributed by atoms with E-state index in [4.69, 9.17) is 9.47 Å². The number of ether oxygens (including phenoxy) is 2. The maximum atomic E-state index is 9.50. The molecule has 0 radical (unpaired) electrons. The lowest BCUT2D eigenvalue weighted by Gasteiger charge is -2.31. The molecule has 0 unspecified atom stereocenters. The van der Waals surface area contributed by atoms with Crippen molar-refractivity contribution in [1.29, 1.82) is 0 Å². The molecule has 1 aliphatic heterocycles. The average molecular weight is 222 g/mol. The molecule has 0 saturated carbocycles. The first-order valence-electron chi connectivity index (χ1n) is 5.75. The third kappa shape index (κ3) is 3.04. The van der Waals surface area contributed by atoms with Crippen molar-refractivity contribution in [1.82, 2.24) is 0 Å². The summed E-state index contributed by atoms with van der Waals surface area (Å²) in [7, 11) is 0. The standard InChI is InChI=1S/C13H18O3/c1-10-12(14)7-8-13(16-10)15-9-11-5-3-2-4-6-11/h2-6,10,12-14H,7-9H2,1H3/t10-,12-,13-/m0/s1. The van der Waals surface area contributed by atoms with Crippen molar-refractivity contribution in [2.45, 2.75) is 44.9 Å². The first-order valence-corrected chi connectivity index (χ1v) is 5.75. The van der Waals surface area contributed by atoms with Crippen molar-refractivity contribution in [2.24, 2.45) is 0 Å². The molecule has 0 spiro atoms. The summed E-state index contributed by atoms with van der Waals surface area (Å²) in [5.41, 5.74) is 1.14. The second-order valence-electron chi connectivity index (χ2n) is 4.21. The molecule has 3 heteroatoms. The van der Waals surface area contributed by atoms with Crippen LogP contribution >= 0.6 is 0 Å². The number of hydrogen-bond donors (Lipinski definition) is 1. The monoisotopic (exact) mass is 222 g/mol. The van der Waals surface area contributed by atoms with Crippen molar-refractivity contribution in [3.8, 4) is 0 Å². The van der Waals surface area contributed by atoms with E-state index >= 15 is 0 Å². The number of benzene rings is 1. The largest absolute Gasteiger partial charge is 0.390 e. The predicted octanol–water partition coefficient (Wildman–Crippen LogP) is 2.09. The van der Waals surface area contributed by atoms with Gasteiger partial charge in [-0.1, -0.05) is 30.3 Å². The number of aliphatic hydroxyl groups is 1. The molecule has 1 N–H and O–H groups in total. The van der Waals surface area contributed by atoms with Crippen LogP contribution in [0.25, 0.3) is 0 Å². The molecule has 1 fully saturated rings. The van der Waals surface area contributed by atoms with Gasteiger partial charge >= 0.3 is 0 Å². The molecular formula is C13H18O3.